The minimum atomic E-state index is -0.754. The van der Waals surface area contributed by atoms with Crippen molar-refractivity contribution >= 4 is 16.5 Å². The third-order valence-electron chi connectivity index (χ3n) is 3.54. The van der Waals surface area contributed by atoms with Crippen LogP contribution in [0.15, 0.2) is 54.8 Å². The molecule has 0 saturated heterocycles. The first kappa shape index (κ1) is 12.4. The van der Waals surface area contributed by atoms with Crippen LogP contribution in [0.4, 0.5) is 0 Å². The van der Waals surface area contributed by atoms with Crippen LogP contribution >= 0.6 is 0 Å². The monoisotopic (exact) mass is 266 g/mol. The van der Waals surface area contributed by atoms with E-state index >= 15 is 0 Å². The van der Waals surface area contributed by atoms with Crippen LogP contribution in [-0.4, -0.2) is 15.9 Å². The summed E-state index contributed by atoms with van der Waals surface area (Å²) in [6.07, 6.45) is 10.6. The van der Waals surface area contributed by atoms with E-state index in [4.69, 9.17) is 0 Å². The fourth-order valence-electron chi connectivity index (χ4n) is 2.46. The first-order valence-electron chi connectivity index (χ1n) is 6.44. The van der Waals surface area contributed by atoms with Gasteiger partial charge in [-0.25, -0.2) is 0 Å². The number of para-hydroxylation sites is 1. The Kier molecular flexibility index (Phi) is 2.99. The minimum absolute atomic E-state index is 0.302. The van der Waals surface area contributed by atoms with Gasteiger partial charge in [0.05, 0.1) is 0 Å². The number of aryl methyl sites for hydroxylation is 1. The maximum Gasteiger partial charge on any atom is 0.250 e. The molecule has 0 fully saturated rings. The van der Waals surface area contributed by atoms with E-state index in [0.717, 1.165) is 22.0 Å². The molecular weight excluding hydrogens is 252 g/mol. The lowest BCUT2D eigenvalue weighted by Crippen LogP contribution is -2.12. The van der Waals surface area contributed by atoms with E-state index in [1.807, 2.05) is 24.4 Å². The molecule has 3 rings (SSSR count). The Balaban J connectivity index is 2.07. The van der Waals surface area contributed by atoms with Crippen LogP contribution in [0.2, 0.25) is 0 Å². The minimum Gasteiger partial charge on any atom is -0.360 e. The SMILES string of the molecule is Cc1cccc2c(C3=CC=CC([N+](=O)[O-])C=C3)c[nH]c12. The second kappa shape index (κ2) is 4.81. The molecule has 0 aliphatic heterocycles. The number of nitrogens with zero attached hydrogens (tertiary/aromatic N) is 1. The van der Waals surface area contributed by atoms with Crippen LogP contribution in [0.3, 0.4) is 0 Å². The quantitative estimate of drug-likeness (QED) is 0.666. The lowest BCUT2D eigenvalue weighted by atomic mass is 10.0. The Morgan fingerprint density at radius 2 is 2.15 bits per heavy atom. The van der Waals surface area contributed by atoms with Crippen molar-refractivity contribution in [3.63, 3.8) is 0 Å². The van der Waals surface area contributed by atoms with E-state index in [2.05, 4.69) is 24.0 Å². The number of aromatic amines is 1. The van der Waals surface area contributed by atoms with Gasteiger partial charge < -0.3 is 4.98 Å². The zero-order valence-corrected chi connectivity index (χ0v) is 11.0. The molecule has 20 heavy (non-hydrogen) atoms. The number of H-pyrrole nitrogens is 1. The number of allylic oxidation sites excluding steroid dienone is 4. The summed E-state index contributed by atoms with van der Waals surface area (Å²) in [5.74, 6) is 0. The number of fused-ring (bicyclic) bond motifs is 1. The highest BCUT2D eigenvalue weighted by atomic mass is 16.6. The summed E-state index contributed by atoms with van der Waals surface area (Å²) in [5, 5.41) is 12.0. The van der Waals surface area contributed by atoms with E-state index in [1.54, 1.807) is 18.2 Å². The van der Waals surface area contributed by atoms with Crippen molar-refractivity contribution in [3.05, 3.63) is 76.0 Å². The van der Waals surface area contributed by atoms with Crippen LogP contribution in [0.1, 0.15) is 11.1 Å². The molecule has 1 aromatic carbocycles. The van der Waals surface area contributed by atoms with Gasteiger partial charge in [-0.1, -0.05) is 36.4 Å². The lowest BCUT2D eigenvalue weighted by Gasteiger charge is -2.00. The molecule has 1 aromatic heterocycles. The van der Waals surface area contributed by atoms with Gasteiger partial charge in [-0.3, -0.25) is 10.1 Å². The summed E-state index contributed by atoms with van der Waals surface area (Å²) in [6.45, 7) is 2.06. The van der Waals surface area contributed by atoms with E-state index < -0.39 is 6.04 Å². The molecule has 0 saturated carbocycles. The molecule has 0 bridgehead atoms. The summed E-state index contributed by atoms with van der Waals surface area (Å²) in [7, 11) is 0. The molecule has 1 atom stereocenters. The molecule has 1 aliphatic rings. The zero-order valence-electron chi connectivity index (χ0n) is 11.0. The fraction of sp³-hybridized carbons (Fsp3) is 0.125. The van der Waals surface area contributed by atoms with Gasteiger partial charge in [0.1, 0.15) is 0 Å². The summed E-state index contributed by atoms with van der Waals surface area (Å²) in [4.78, 5) is 13.8. The Bertz CT molecular complexity index is 766. The second-order valence-corrected chi connectivity index (χ2v) is 4.84. The van der Waals surface area contributed by atoms with Crippen molar-refractivity contribution in [2.45, 2.75) is 13.0 Å². The van der Waals surface area contributed by atoms with Crippen molar-refractivity contribution in [2.75, 3.05) is 0 Å². The third-order valence-corrected chi connectivity index (χ3v) is 3.54. The van der Waals surface area contributed by atoms with Crippen LogP contribution < -0.4 is 0 Å². The Hall–Kier alpha value is -2.62. The molecular formula is C16H14N2O2. The third kappa shape index (κ3) is 2.05. The van der Waals surface area contributed by atoms with E-state index in [9.17, 15) is 10.1 Å². The van der Waals surface area contributed by atoms with Crippen molar-refractivity contribution in [1.82, 2.24) is 4.98 Å². The normalized spacial score (nSPS) is 18.1. The topological polar surface area (TPSA) is 58.9 Å². The van der Waals surface area contributed by atoms with E-state index in [1.165, 1.54) is 5.56 Å². The van der Waals surface area contributed by atoms with Crippen LogP contribution in [0.25, 0.3) is 16.5 Å². The maximum atomic E-state index is 10.8. The largest absolute Gasteiger partial charge is 0.360 e. The second-order valence-electron chi connectivity index (χ2n) is 4.84. The van der Waals surface area contributed by atoms with Crippen molar-refractivity contribution in [2.24, 2.45) is 0 Å². The van der Waals surface area contributed by atoms with Crippen molar-refractivity contribution in [3.8, 4) is 0 Å². The number of hydrogen-bond donors (Lipinski definition) is 1. The Labute approximate surface area is 116 Å². The molecule has 1 N–H and O–H groups in total. The first-order chi connectivity index (χ1) is 9.66. The smallest absolute Gasteiger partial charge is 0.250 e. The van der Waals surface area contributed by atoms with Gasteiger partial charge in [-0.05, 0) is 30.2 Å². The maximum absolute atomic E-state index is 10.8. The first-order valence-corrected chi connectivity index (χ1v) is 6.44. The number of hydrogen-bond acceptors (Lipinski definition) is 2. The van der Waals surface area contributed by atoms with Gasteiger partial charge in [-0.2, -0.15) is 0 Å². The number of aromatic nitrogens is 1. The zero-order chi connectivity index (χ0) is 14.1. The number of nitro groups is 1. The fourth-order valence-corrected chi connectivity index (χ4v) is 2.46. The van der Waals surface area contributed by atoms with Crippen LogP contribution in [0, 0.1) is 17.0 Å². The van der Waals surface area contributed by atoms with E-state index in [0.29, 0.717) is 0 Å². The molecule has 4 heteroatoms. The molecule has 1 unspecified atom stereocenters. The molecule has 1 heterocycles. The highest BCUT2D eigenvalue weighted by Crippen LogP contribution is 2.28. The molecule has 0 spiro atoms. The van der Waals surface area contributed by atoms with Gasteiger partial charge in [-0.15, -0.1) is 0 Å². The van der Waals surface area contributed by atoms with Crippen LogP contribution in [0.5, 0.6) is 0 Å². The van der Waals surface area contributed by atoms with Gasteiger partial charge in [0.25, 0.3) is 0 Å². The molecule has 0 amide bonds. The van der Waals surface area contributed by atoms with Gasteiger partial charge in [0.2, 0.25) is 6.04 Å². The lowest BCUT2D eigenvalue weighted by molar-refractivity contribution is -0.496. The predicted octanol–water partition coefficient (Wildman–Crippen LogP) is 3.63. The Morgan fingerprint density at radius 3 is 2.95 bits per heavy atom. The number of benzene rings is 1. The van der Waals surface area contributed by atoms with Crippen molar-refractivity contribution in [1.29, 1.82) is 0 Å². The summed E-state index contributed by atoms with van der Waals surface area (Å²) < 4.78 is 0. The summed E-state index contributed by atoms with van der Waals surface area (Å²) in [5.41, 5.74) is 4.33. The molecule has 2 aromatic rings. The predicted molar refractivity (Wildman–Crippen MR) is 80.1 cm³/mol. The molecule has 0 radical (unpaired) electrons. The van der Waals surface area contributed by atoms with Gasteiger partial charge in [0, 0.05) is 27.6 Å². The van der Waals surface area contributed by atoms with E-state index in [-0.39, 0.29) is 4.92 Å². The summed E-state index contributed by atoms with van der Waals surface area (Å²) in [6, 6.07) is 5.38. The van der Waals surface area contributed by atoms with Gasteiger partial charge in [0.15, 0.2) is 0 Å². The van der Waals surface area contributed by atoms with Crippen molar-refractivity contribution < 1.29 is 4.92 Å². The number of rotatable bonds is 2. The van der Waals surface area contributed by atoms with Crippen LogP contribution in [-0.2, 0) is 0 Å². The molecule has 100 valence electrons. The molecule has 1 aliphatic carbocycles. The highest BCUT2D eigenvalue weighted by Gasteiger charge is 2.14. The van der Waals surface area contributed by atoms with Gasteiger partial charge >= 0.3 is 0 Å². The average Bonchev–Trinajstić information content (AvgIpc) is 2.70. The standard InChI is InChI=1S/C16H14N2O2/c1-11-4-2-7-14-15(10-17-16(11)14)12-5-3-6-13(9-8-12)18(19)20/h2-10,13,17H,1H3. The Morgan fingerprint density at radius 1 is 1.30 bits per heavy atom. The average molecular weight is 266 g/mol. The highest BCUT2D eigenvalue weighted by molar-refractivity contribution is 5.96. The summed E-state index contributed by atoms with van der Waals surface area (Å²) >= 11 is 0. The molecule has 4 nitrogen and oxygen atoms in total. The number of nitrogens with one attached hydrogen (secondary N) is 1.